The molecule has 0 saturated carbocycles. The summed E-state index contributed by atoms with van der Waals surface area (Å²) in [6.45, 7) is 6.42. The van der Waals surface area contributed by atoms with Gasteiger partial charge in [0, 0.05) is 50.7 Å². The predicted octanol–water partition coefficient (Wildman–Crippen LogP) is 1.11. The number of ether oxygens (including phenoxy) is 1. The van der Waals surface area contributed by atoms with Crippen LogP contribution in [0.5, 0.6) is 0 Å². The highest BCUT2D eigenvalue weighted by Crippen LogP contribution is 2.10. The lowest BCUT2D eigenvalue weighted by Crippen LogP contribution is -2.47. The molecule has 0 atom stereocenters. The first-order valence-corrected chi connectivity index (χ1v) is 7.26. The van der Waals surface area contributed by atoms with Gasteiger partial charge in [0.1, 0.15) is 0 Å². The molecule has 1 aromatic rings. The van der Waals surface area contributed by atoms with Gasteiger partial charge in [-0.2, -0.15) is 0 Å². The summed E-state index contributed by atoms with van der Waals surface area (Å²) in [6, 6.07) is 1.82. The highest BCUT2D eigenvalue weighted by molar-refractivity contribution is 5.88. The van der Waals surface area contributed by atoms with Crippen LogP contribution in [0.3, 0.4) is 0 Å². The van der Waals surface area contributed by atoms with Crippen molar-refractivity contribution < 1.29 is 9.53 Å². The summed E-state index contributed by atoms with van der Waals surface area (Å²) in [6.07, 6.45) is 6.20. The maximum Gasteiger partial charge on any atom is 0.333 e. The normalized spacial score (nSPS) is 16.9. The van der Waals surface area contributed by atoms with Gasteiger partial charge < -0.3 is 9.64 Å². The van der Waals surface area contributed by atoms with E-state index in [1.54, 1.807) is 12.4 Å². The molecule has 0 aliphatic carbocycles. The zero-order chi connectivity index (χ0) is 15.1. The zero-order valence-electron chi connectivity index (χ0n) is 12.7. The Kier molecular flexibility index (Phi) is 5.68. The third-order valence-corrected chi connectivity index (χ3v) is 3.63. The maximum absolute atomic E-state index is 11.5. The van der Waals surface area contributed by atoms with Crippen molar-refractivity contribution in [2.45, 2.75) is 13.3 Å². The molecule has 21 heavy (non-hydrogen) atoms. The lowest BCUT2D eigenvalue weighted by atomic mass is 10.2. The van der Waals surface area contributed by atoms with E-state index >= 15 is 0 Å². The number of carbonyl (C=O) groups is 1. The Bertz CT molecular complexity index is 482. The van der Waals surface area contributed by atoms with E-state index in [2.05, 4.69) is 19.8 Å². The number of methoxy groups -OCH3 is 1. The van der Waals surface area contributed by atoms with E-state index in [9.17, 15) is 4.79 Å². The fourth-order valence-corrected chi connectivity index (χ4v) is 2.33. The molecule has 0 amide bonds. The van der Waals surface area contributed by atoms with Crippen LogP contribution in [-0.4, -0.2) is 60.7 Å². The van der Waals surface area contributed by atoms with Gasteiger partial charge in [-0.15, -0.1) is 0 Å². The quantitative estimate of drug-likeness (QED) is 0.598. The van der Waals surface area contributed by atoms with Crippen LogP contribution in [0.1, 0.15) is 13.3 Å². The molecule has 0 radical (unpaired) electrons. The molecule has 6 nitrogen and oxygen atoms in total. The molecule has 114 valence electrons. The van der Waals surface area contributed by atoms with Crippen molar-refractivity contribution in [2.75, 3.05) is 44.7 Å². The smallest absolute Gasteiger partial charge is 0.333 e. The SMILES string of the molecule is CCC(=CCN1CCN(c2ncccn2)CC1)C(=O)OC. The first-order valence-electron chi connectivity index (χ1n) is 7.26. The highest BCUT2D eigenvalue weighted by Gasteiger charge is 2.18. The van der Waals surface area contributed by atoms with Gasteiger partial charge in [0.15, 0.2) is 0 Å². The van der Waals surface area contributed by atoms with E-state index < -0.39 is 0 Å². The average Bonchev–Trinajstić information content (AvgIpc) is 2.56. The van der Waals surface area contributed by atoms with Gasteiger partial charge >= 0.3 is 5.97 Å². The van der Waals surface area contributed by atoms with Gasteiger partial charge in [0.25, 0.3) is 0 Å². The minimum atomic E-state index is -0.228. The van der Waals surface area contributed by atoms with Crippen LogP contribution >= 0.6 is 0 Å². The summed E-state index contributed by atoms with van der Waals surface area (Å²) < 4.78 is 4.77. The lowest BCUT2D eigenvalue weighted by Gasteiger charge is -2.34. The molecule has 0 unspecified atom stereocenters. The third-order valence-electron chi connectivity index (χ3n) is 3.63. The van der Waals surface area contributed by atoms with E-state index in [-0.39, 0.29) is 5.97 Å². The third kappa shape index (κ3) is 4.26. The molecule has 1 aliphatic heterocycles. The fraction of sp³-hybridized carbons (Fsp3) is 0.533. The molecular formula is C15H22N4O2. The van der Waals surface area contributed by atoms with Gasteiger partial charge in [0.05, 0.1) is 7.11 Å². The number of esters is 1. The van der Waals surface area contributed by atoms with E-state index in [1.165, 1.54) is 7.11 Å². The summed E-state index contributed by atoms with van der Waals surface area (Å²) in [4.78, 5) is 24.6. The number of piperazine rings is 1. The second-order valence-electron chi connectivity index (χ2n) is 4.91. The van der Waals surface area contributed by atoms with Gasteiger partial charge in [0.2, 0.25) is 5.95 Å². The van der Waals surface area contributed by atoms with Crippen molar-refractivity contribution in [3.63, 3.8) is 0 Å². The van der Waals surface area contributed by atoms with Crippen LogP contribution in [0.4, 0.5) is 5.95 Å². The zero-order valence-corrected chi connectivity index (χ0v) is 12.7. The van der Waals surface area contributed by atoms with E-state index in [0.717, 1.165) is 44.2 Å². The molecule has 0 N–H and O–H groups in total. The maximum atomic E-state index is 11.5. The van der Waals surface area contributed by atoms with Crippen LogP contribution in [0.2, 0.25) is 0 Å². The number of carbonyl (C=O) groups excluding carboxylic acids is 1. The second-order valence-corrected chi connectivity index (χ2v) is 4.91. The van der Waals surface area contributed by atoms with Crippen LogP contribution in [0.25, 0.3) is 0 Å². The molecular weight excluding hydrogens is 268 g/mol. The summed E-state index contributed by atoms with van der Waals surface area (Å²) >= 11 is 0. The number of hydrogen-bond donors (Lipinski definition) is 0. The molecule has 6 heteroatoms. The summed E-state index contributed by atoms with van der Waals surface area (Å²) in [5.74, 6) is 0.560. The molecule has 0 spiro atoms. The fourth-order valence-electron chi connectivity index (χ4n) is 2.33. The van der Waals surface area contributed by atoms with Crippen molar-refractivity contribution in [3.8, 4) is 0 Å². The Labute approximate surface area is 125 Å². The predicted molar refractivity (Wildman–Crippen MR) is 81.1 cm³/mol. The Morgan fingerprint density at radius 3 is 2.52 bits per heavy atom. The molecule has 1 saturated heterocycles. The molecule has 0 aromatic carbocycles. The average molecular weight is 290 g/mol. The Balaban J connectivity index is 1.84. The van der Waals surface area contributed by atoms with Gasteiger partial charge in [-0.25, -0.2) is 14.8 Å². The minimum absolute atomic E-state index is 0.228. The van der Waals surface area contributed by atoms with E-state index in [1.807, 2.05) is 19.1 Å². The van der Waals surface area contributed by atoms with E-state index in [4.69, 9.17) is 4.74 Å². The first-order chi connectivity index (χ1) is 10.2. The van der Waals surface area contributed by atoms with Gasteiger partial charge in [-0.3, -0.25) is 4.90 Å². The second kappa shape index (κ2) is 7.73. The van der Waals surface area contributed by atoms with Crippen molar-refractivity contribution in [2.24, 2.45) is 0 Å². The van der Waals surface area contributed by atoms with Gasteiger partial charge in [-0.05, 0) is 12.5 Å². The van der Waals surface area contributed by atoms with Gasteiger partial charge in [-0.1, -0.05) is 13.0 Å². The Morgan fingerprint density at radius 2 is 1.95 bits per heavy atom. The number of anilines is 1. The molecule has 2 rings (SSSR count). The molecule has 1 fully saturated rings. The van der Waals surface area contributed by atoms with E-state index in [0.29, 0.717) is 6.42 Å². The molecule has 1 aliphatic rings. The summed E-state index contributed by atoms with van der Waals surface area (Å²) in [5.41, 5.74) is 0.742. The molecule has 2 heterocycles. The Hall–Kier alpha value is -1.95. The largest absolute Gasteiger partial charge is 0.466 e. The highest BCUT2D eigenvalue weighted by atomic mass is 16.5. The number of aromatic nitrogens is 2. The molecule has 1 aromatic heterocycles. The van der Waals surface area contributed by atoms with Crippen molar-refractivity contribution in [1.29, 1.82) is 0 Å². The Morgan fingerprint density at radius 1 is 1.29 bits per heavy atom. The summed E-state index contributed by atoms with van der Waals surface area (Å²) in [5, 5.41) is 0. The van der Waals surface area contributed by atoms with Crippen molar-refractivity contribution >= 4 is 11.9 Å². The number of nitrogens with zero attached hydrogens (tertiary/aromatic N) is 4. The van der Waals surface area contributed by atoms with Crippen LogP contribution < -0.4 is 4.90 Å². The number of hydrogen-bond acceptors (Lipinski definition) is 6. The lowest BCUT2D eigenvalue weighted by molar-refractivity contribution is -0.136. The number of rotatable bonds is 5. The van der Waals surface area contributed by atoms with Crippen LogP contribution in [-0.2, 0) is 9.53 Å². The van der Waals surface area contributed by atoms with Crippen LogP contribution in [0.15, 0.2) is 30.1 Å². The standard InChI is InChI=1S/C15H22N4O2/c1-3-13(14(20)21-2)5-8-18-9-11-19(12-10-18)15-16-6-4-7-17-15/h4-7H,3,8-12H2,1-2H3. The topological polar surface area (TPSA) is 58.6 Å². The van der Waals surface area contributed by atoms with Crippen LogP contribution in [0, 0.1) is 0 Å². The summed E-state index contributed by atoms with van der Waals surface area (Å²) in [7, 11) is 1.42. The van der Waals surface area contributed by atoms with Crippen molar-refractivity contribution in [1.82, 2.24) is 14.9 Å². The monoisotopic (exact) mass is 290 g/mol. The van der Waals surface area contributed by atoms with Crippen molar-refractivity contribution in [3.05, 3.63) is 30.1 Å². The first kappa shape index (κ1) is 15.4. The molecule has 0 bridgehead atoms. The minimum Gasteiger partial charge on any atom is -0.466 e.